The number of aliphatic hydroxyl groups is 2. The van der Waals surface area contributed by atoms with E-state index in [1.54, 1.807) is 0 Å². The Morgan fingerprint density at radius 3 is 2.43 bits per heavy atom. The molecule has 0 aromatic rings. The van der Waals surface area contributed by atoms with E-state index in [-0.39, 0.29) is 0 Å². The van der Waals surface area contributed by atoms with E-state index in [1.807, 2.05) is 0 Å². The normalized spacial score (nSPS) is 27.4. The van der Waals surface area contributed by atoms with Crippen molar-refractivity contribution in [2.75, 3.05) is 0 Å². The van der Waals surface area contributed by atoms with Crippen molar-refractivity contribution in [3.8, 4) is 0 Å². The molecular weight excluding hydrogens is 176 g/mol. The van der Waals surface area contributed by atoms with Gasteiger partial charge in [-0.25, -0.2) is 0 Å². The van der Waals surface area contributed by atoms with E-state index in [0.29, 0.717) is 18.8 Å². The van der Waals surface area contributed by atoms with Gasteiger partial charge in [-0.1, -0.05) is 18.2 Å². The van der Waals surface area contributed by atoms with Gasteiger partial charge in [-0.15, -0.1) is 0 Å². The lowest BCUT2D eigenvalue weighted by Crippen LogP contribution is -2.33. The van der Waals surface area contributed by atoms with Gasteiger partial charge in [0.15, 0.2) is 5.79 Å². The molecule has 78 valence electrons. The summed E-state index contributed by atoms with van der Waals surface area (Å²) >= 11 is 0. The van der Waals surface area contributed by atoms with E-state index in [4.69, 9.17) is 0 Å². The van der Waals surface area contributed by atoms with Crippen LogP contribution in [0.25, 0.3) is 0 Å². The van der Waals surface area contributed by atoms with Crippen molar-refractivity contribution >= 4 is 0 Å². The highest BCUT2D eigenvalue weighted by Crippen LogP contribution is 2.35. The summed E-state index contributed by atoms with van der Waals surface area (Å²) in [5.41, 5.74) is 1.41. The molecule has 0 heterocycles. The fraction of sp³-hybridized carbons (Fsp3) is 0.667. The van der Waals surface area contributed by atoms with Gasteiger partial charge in [0.05, 0.1) is 0 Å². The first kappa shape index (κ1) is 9.94. The summed E-state index contributed by atoms with van der Waals surface area (Å²) in [6, 6.07) is 0. The summed E-state index contributed by atoms with van der Waals surface area (Å²) in [6.45, 7) is 0. The van der Waals surface area contributed by atoms with Crippen LogP contribution in [0.4, 0.5) is 0 Å². The Kier molecular flexibility index (Phi) is 2.75. The molecule has 0 spiro atoms. The van der Waals surface area contributed by atoms with Gasteiger partial charge < -0.3 is 10.2 Å². The predicted molar refractivity (Wildman–Crippen MR) is 55.6 cm³/mol. The number of rotatable bonds is 1. The molecule has 0 radical (unpaired) electrons. The van der Waals surface area contributed by atoms with Crippen LogP contribution in [0.1, 0.15) is 38.5 Å². The van der Waals surface area contributed by atoms with E-state index < -0.39 is 5.79 Å². The summed E-state index contributed by atoms with van der Waals surface area (Å²) in [5.74, 6) is -0.839. The van der Waals surface area contributed by atoms with Crippen LogP contribution < -0.4 is 0 Å². The molecule has 2 aliphatic rings. The molecule has 2 nitrogen and oxygen atoms in total. The maximum absolute atomic E-state index is 9.41. The SMILES string of the molecule is OC1(O)CCC(C2=CCCC=C2)CC1. The zero-order valence-electron chi connectivity index (χ0n) is 8.45. The van der Waals surface area contributed by atoms with Crippen LogP contribution in [0, 0.1) is 5.92 Å². The molecule has 0 bridgehead atoms. The number of allylic oxidation sites excluding steroid dienone is 4. The van der Waals surface area contributed by atoms with Crippen LogP contribution in [0.2, 0.25) is 0 Å². The molecule has 0 atom stereocenters. The monoisotopic (exact) mass is 194 g/mol. The van der Waals surface area contributed by atoms with Crippen LogP contribution in [-0.2, 0) is 0 Å². The second-order valence-electron chi connectivity index (χ2n) is 4.44. The van der Waals surface area contributed by atoms with Crippen molar-refractivity contribution in [3.63, 3.8) is 0 Å². The average Bonchev–Trinajstić information content (AvgIpc) is 2.19. The third-order valence-electron chi connectivity index (χ3n) is 3.28. The first-order valence-electron chi connectivity index (χ1n) is 5.49. The highest BCUT2D eigenvalue weighted by Gasteiger charge is 2.31. The van der Waals surface area contributed by atoms with Gasteiger partial charge in [0.25, 0.3) is 0 Å². The molecule has 1 fully saturated rings. The number of hydrogen-bond donors (Lipinski definition) is 2. The first-order chi connectivity index (χ1) is 6.67. The second-order valence-corrected chi connectivity index (χ2v) is 4.44. The Morgan fingerprint density at radius 1 is 1.14 bits per heavy atom. The fourth-order valence-electron chi connectivity index (χ4n) is 2.35. The quantitative estimate of drug-likeness (QED) is 0.628. The van der Waals surface area contributed by atoms with Crippen LogP contribution in [0.5, 0.6) is 0 Å². The molecule has 0 unspecified atom stereocenters. The third-order valence-corrected chi connectivity index (χ3v) is 3.28. The van der Waals surface area contributed by atoms with Crippen molar-refractivity contribution in [3.05, 3.63) is 23.8 Å². The third kappa shape index (κ3) is 2.25. The van der Waals surface area contributed by atoms with Gasteiger partial charge in [0, 0.05) is 12.8 Å². The second kappa shape index (κ2) is 3.87. The van der Waals surface area contributed by atoms with Gasteiger partial charge in [0.2, 0.25) is 0 Å². The molecule has 0 aromatic carbocycles. The molecule has 0 aliphatic heterocycles. The van der Waals surface area contributed by atoms with E-state index in [0.717, 1.165) is 25.7 Å². The van der Waals surface area contributed by atoms with Crippen LogP contribution in [0.15, 0.2) is 23.8 Å². The zero-order valence-corrected chi connectivity index (χ0v) is 8.45. The Labute approximate surface area is 85.0 Å². The van der Waals surface area contributed by atoms with Crippen molar-refractivity contribution in [2.45, 2.75) is 44.3 Å². The Bertz CT molecular complexity index is 253. The summed E-state index contributed by atoms with van der Waals surface area (Å²) in [4.78, 5) is 0. The van der Waals surface area contributed by atoms with Gasteiger partial charge in [0.1, 0.15) is 0 Å². The summed E-state index contributed by atoms with van der Waals surface area (Å²) in [5, 5.41) is 18.8. The van der Waals surface area contributed by atoms with Gasteiger partial charge in [-0.05, 0) is 37.2 Å². The lowest BCUT2D eigenvalue weighted by Gasteiger charge is -2.32. The minimum absolute atomic E-state index is 0.517. The lowest BCUT2D eigenvalue weighted by atomic mass is 9.79. The van der Waals surface area contributed by atoms with Gasteiger partial charge >= 0.3 is 0 Å². The minimum atomic E-state index is -1.39. The summed E-state index contributed by atoms with van der Waals surface area (Å²) in [6.07, 6.45) is 11.9. The molecule has 2 rings (SSSR count). The van der Waals surface area contributed by atoms with Gasteiger partial charge in [-0.2, -0.15) is 0 Å². The Balaban J connectivity index is 1.95. The maximum atomic E-state index is 9.41. The molecule has 0 aromatic heterocycles. The topological polar surface area (TPSA) is 40.5 Å². The smallest absolute Gasteiger partial charge is 0.162 e. The predicted octanol–water partition coefficient (Wildman–Crippen LogP) is 2.13. The fourth-order valence-corrected chi connectivity index (χ4v) is 2.35. The number of hydrogen-bond acceptors (Lipinski definition) is 2. The summed E-state index contributed by atoms with van der Waals surface area (Å²) in [7, 11) is 0. The molecule has 2 N–H and O–H groups in total. The highest BCUT2D eigenvalue weighted by molar-refractivity contribution is 5.25. The van der Waals surface area contributed by atoms with E-state index >= 15 is 0 Å². The highest BCUT2D eigenvalue weighted by atomic mass is 16.5. The molecule has 14 heavy (non-hydrogen) atoms. The molecule has 0 amide bonds. The van der Waals surface area contributed by atoms with Crippen LogP contribution >= 0.6 is 0 Å². The Morgan fingerprint density at radius 2 is 1.86 bits per heavy atom. The molecule has 2 heteroatoms. The van der Waals surface area contributed by atoms with E-state index in [9.17, 15) is 10.2 Å². The van der Waals surface area contributed by atoms with Crippen LogP contribution in [-0.4, -0.2) is 16.0 Å². The average molecular weight is 194 g/mol. The van der Waals surface area contributed by atoms with E-state index in [1.165, 1.54) is 5.57 Å². The zero-order chi connectivity index (χ0) is 10.0. The van der Waals surface area contributed by atoms with Gasteiger partial charge in [-0.3, -0.25) is 0 Å². The largest absolute Gasteiger partial charge is 0.366 e. The molecule has 0 saturated heterocycles. The van der Waals surface area contributed by atoms with E-state index in [2.05, 4.69) is 18.2 Å². The first-order valence-corrected chi connectivity index (χ1v) is 5.49. The maximum Gasteiger partial charge on any atom is 0.162 e. The Hall–Kier alpha value is -0.600. The van der Waals surface area contributed by atoms with Crippen molar-refractivity contribution in [2.24, 2.45) is 5.92 Å². The molecule has 1 saturated carbocycles. The molecule has 2 aliphatic carbocycles. The summed E-state index contributed by atoms with van der Waals surface area (Å²) < 4.78 is 0. The lowest BCUT2D eigenvalue weighted by molar-refractivity contribution is -0.184. The minimum Gasteiger partial charge on any atom is -0.366 e. The van der Waals surface area contributed by atoms with Crippen LogP contribution in [0.3, 0.4) is 0 Å². The van der Waals surface area contributed by atoms with Crippen molar-refractivity contribution in [1.29, 1.82) is 0 Å². The standard InChI is InChI=1S/C12H18O2/c13-12(14)8-6-11(7-9-12)10-4-2-1-3-5-10/h2,4-5,11,13-14H,1,3,6-9H2. The van der Waals surface area contributed by atoms with Crippen molar-refractivity contribution in [1.82, 2.24) is 0 Å². The van der Waals surface area contributed by atoms with Crippen molar-refractivity contribution < 1.29 is 10.2 Å². The molecular formula is C12H18O2.